The summed E-state index contributed by atoms with van der Waals surface area (Å²) in [5, 5.41) is 12.0. The lowest BCUT2D eigenvalue weighted by atomic mass is 10.2. The van der Waals surface area contributed by atoms with Crippen molar-refractivity contribution >= 4 is 46.3 Å². The molecule has 2 aromatic carbocycles. The number of carbonyl (C=O) groups excluding carboxylic acids is 3. The predicted molar refractivity (Wildman–Crippen MR) is 130 cm³/mol. The molecule has 9 nitrogen and oxygen atoms in total. The van der Waals surface area contributed by atoms with Gasteiger partial charge in [-0.15, -0.1) is 0 Å². The van der Waals surface area contributed by atoms with E-state index < -0.39 is 17.1 Å². The third-order valence-electron chi connectivity index (χ3n) is 5.28. The van der Waals surface area contributed by atoms with E-state index in [0.717, 1.165) is 35.4 Å². The van der Waals surface area contributed by atoms with Crippen LogP contribution in [-0.4, -0.2) is 66.5 Å². The minimum Gasteiger partial charge on any atom is -0.504 e. The van der Waals surface area contributed by atoms with Crippen LogP contribution in [0.1, 0.15) is 12.5 Å². The van der Waals surface area contributed by atoms with Crippen LogP contribution in [0.25, 0.3) is 6.08 Å². The van der Waals surface area contributed by atoms with Gasteiger partial charge in [-0.2, -0.15) is 0 Å². The highest BCUT2D eigenvalue weighted by atomic mass is 32.2. The molecular weight excluding hydrogens is 458 g/mol. The molecule has 0 bridgehead atoms. The molecule has 0 aliphatic carbocycles. The van der Waals surface area contributed by atoms with E-state index in [1.54, 1.807) is 31.2 Å². The lowest BCUT2D eigenvalue weighted by Crippen LogP contribution is -2.36. The summed E-state index contributed by atoms with van der Waals surface area (Å²) in [6, 6.07) is 12.1. The van der Waals surface area contributed by atoms with E-state index in [1.807, 2.05) is 12.1 Å². The molecule has 2 saturated heterocycles. The standard InChI is InChI=1S/C24H25N3O6S/c1-2-33-20-13-16(3-8-19(20)28)14-21-23(30)27(24(31)34-21)15-22(29)25-17-4-6-18(7-5-17)26-9-11-32-12-10-26/h3-8,13-14,28H,2,9-12,15H2,1H3,(H,25,29)/b21-14+. The minimum atomic E-state index is -0.543. The summed E-state index contributed by atoms with van der Waals surface area (Å²) in [7, 11) is 0. The SMILES string of the molecule is CCOc1cc(/C=C2/SC(=O)N(CC(=O)Nc3ccc(N4CCOCC4)cc3)C2=O)ccc1O. The van der Waals surface area contributed by atoms with Crippen molar-refractivity contribution in [2.45, 2.75) is 6.92 Å². The molecule has 10 heteroatoms. The fourth-order valence-corrected chi connectivity index (χ4v) is 4.44. The monoisotopic (exact) mass is 483 g/mol. The maximum atomic E-state index is 12.7. The highest BCUT2D eigenvalue weighted by molar-refractivity contribution is 8.18. The number of rotatable bonds is 7. The topological polar surface area (TPSA) is 108 Å². The van der Waals surface area contributed by atoms with E-state index in [0.29, 0.717) is 31.1 Å². The molecule has 0 spiro atoms. The number of hydrogen-bond donors (Lipinski definition) is 2. The molecule has 0 saturated carbocycles. The second-order valence-corrected chi connectivity index (χ2v) is 8.62. The maximum absolute atomic E-state index is 12.7. The van der Waals surface area contributed by atoms with E-state index in [1.165, 1.54) is 12.1 Å². The first kappa shape index (κ1) is 23.7. The van der Waals surface area contributed by atoms with Crippen molar-refractivity contribution in [1.82, 2.24) is 4.90 Å². The molecule has 2 aliphatic rings. The summed E-state index contributed by atoms with van der Waals surface area (Å²) in [6.45, 7) is 4.79. The van der Waals surface area contributed by atoms with Gasteiger partial charge in [-0.3, -0.25) is 19.3 Å². The zero-order valence-electron chi connectivity index (χ0n) is 18.7. The zero-order chi connectivity index (χ0) is 24.1. The predicted octanol–water partition coefficient (Wildman–Crippen LogP) is 3.30. The second kappa shape index (κ2) is 10.6. The largest absolute Gasteiger partial charge is 0.504 e. The van der Waals surface area contributed by atoms with E-state index in [-0.39, 0.29) is 22.9 Å². The summed E-state index contributed by atoms with van der Waals surface area (Å²) in [6.07, 6.45) is 1.54. The van der Waals surface area contributed by atoms with Gasteiger partial charge in [0.15, 0.2) is 11.5 Å². The summed E-state index contributed by atoms with van der Waals surface area (Å²) < 4.78 is 10.7. The van der Waals surface area contributed by atoms with Crippen LogP contribution in [0.4, 0.5) is 16.2 Å². The number of ether oxygens (including phenoxy) is 2. The Morgan fingerprint density at radius 3 is 2.62 bits per heavy atom. The summed E-state index contributed by atoms with van der Waals surface area (Å²) in [5.74, 6) is -0.735. The van der Waals surface area contributed by atoms with Gasteiger partial charge in [0.2, 0.25) is 5.91 Å². The smallest absolute Gasteiger partial charge is 0.294 e. The number of imide groups is 1. The zero-order valence-corrected chi connectivity index (χ0v) is 19.5. The van der Waals surface area contributed by atoms with Crippen molar-refractivity contribution < 1.29 is 29.0 Å². The Kier molecular flexibility index (Phi) is 7.39. The number of aromatic hydroxyl groups is 1. The number of phenolic OH excluding ortho intramolecular Hbond substituents is 1. The number of benzene rings is 2. The van der Waals surface area contributed by atoms with E-state index in [9.17, 15) is 19.5 Å². The fraction of sp³-hybridized carbons (Fsp3) is 0.292. The van der Waals surface area contributed by atoms with E-state index >= 15 is 0 Å². The van der Waals surface area contributed by atoms with Crippen LogP contribution >= 0.6 is 11.8 Å². The Bertz CT molecular complexity index is 1110. The molecule has 178 valence electrons. The summed E-state index contributed by atoms with van der Waals surface area (Å²) in [4.78, 5) is 40.9. The van der Waals surface area contributed by atoms with Crippen LogP contribution in [0, 0.1) is 0 Å². The van der Waals surface area contributed by atoms with Gasteiger partial charge in [0.25, 0.3) is 11.1 Å². The molecule has 2 N–H and O–H groups in total. The van der Waals surface area contributed by atoms with Gasteiger partial charge in [0.05, 0.1) is 24.7 Å². The van der Waals surface area contributed by atoms with Crippen molar-refractivity contribution in [2.24, 2.45) is 0 Å². The Morgan fingerprint density at radius 1 is 1.18 bits per heavy atom. The number of morpholine rings is 1. The maximum Gasteiger partial charge on any atom is 0.294 e. The van der Waals surface area contributed by atoms with Gasteiger partial charge in [0, 0.05) is 24.5 Å². The summed E-state index contributed by atoms with van der Waals surface area (Å²) >= 11 is 0.766. The normalized spacial score (nSPS) is 17.4. The fourth-order valence-electron chi connectivity index (χ4n) is 3.60. The second-order valence-electron chi connectivity index (χ2n) is 7.62. The average molecular weight is 484 g/mol. The molecule has 0 aromatic heterocycles. The molecule has 0 radical (unpaired) electrons. The highest BCUT2D eigenvalue weighted by Gasteiger charge is 2.36. The number of nitrogens with one attached hydrogen (secondary N) is 1. The van der Waals surface area contributed by atoms with Crippen molar-refractivity contribution in [3.05, 3.63) is 52.9 Å². The average Bonchev–Trinajstić information content (AvgIpc) is 3.09. The molecule has 3 amide bonds. The molecule has 34 heavy (non-hydrogen) atoms. The lowest BCUT2D eigenvalue weighted by molar-refractivity contribution is -0.127. The number of phenols is 1. The van der Waals surface area contributed by atoms with Crippen LogP contribution in [0.15, 0.2) is 47.4 Å². The van der Waals surface area contributed by atoms with Crippen LogP contribution in [-0.2, 0) is 14.3 Å². The molecule has 2 aliphatic heterocycles. The van der Waals surface area contributed by atoms with Gasteiger partial charge >= 0.3 is 0 Å². The van der Waals surface area contributed by atoms with Crippen LogP contribution in [0.2, 0.25) is 0 Å². The Balaban J connectivity index is 1.38. The number of thioether (sulfide) groups is 1. The van der Waals surface area contributed by atoms with E-state index in [4.69, 9.17) is 9.47 Å². The van der Waals surface area contributed by atoms with Crippen molar-refractivity contribution in [2.75, 3.05) is 49.7 Å². The van der Waals surface area contributed by atoms with Crippen molar-refractivity contribution in [1.29, 1.82) is 0 Å². The molecule has 2 heterocycles. The van der Waals surface area contributed by atoms with Crippen LogP contribution in [0.3, 0.4) is 0 Å². The third-order valence-corrected chi connectivity index (χ3v) is 6.19. The van der Waals surface area contributed by atoms with Gasteiger partial charge in [-0.25, -0.2) is 0 Å². The molecule has 0 atom stereocenters. The van der Waals surface area contributed by atoms with Crippen molar-refractivity contribution in [3.63, 3.8) is 0 Å². The number of amides is 3. The Hall–Kier alpha value is -3.50. The molecule has 4 rings (SSSR count). The van der Waals surface area contributed by atoms with Gasteiger partial charge in [-0.05, 0) is 66.7 Å². The first-order valence-electron chi connectivity index (χ1n) is 10.9. The van der Waals surface area contributed by atoms with Crippen LogP contribution in [0.5, 0.6) is 11.5 Å². The first-order chi connectivity index (χ1) is 16.4. The molecular formula is C24H25N3O6S. The van der Waals surface area contributed by atoms with Crippen LogP contribution < -0.4 is 15.0 Å². The number of hydrogen-bond acceptors (Lipinski definition) is 8. The number of nitrogens with zero attached hydrogens (tertiary/aromatic N) is 2. The van der Waals surface area contributed by atoms with Gasteiger partial charge < -0.3 is 24.8 Å². The third kappa shape index (κ3) is 5.52. The minimum absolute atomic E-state index is 0.0123. The van der Waals surface area contributed by atoms with Crippen molar-refractivity contribution in [3.8, 4) is 11.5 Å². The van der Waals surface area contributed by atoms with Gasteiger partial charge in [-0.1, -0.05) is 6.07 Å². The lowest BCUT2D eigenvalue weighted by Gasteiger charge is -2.28. The number of anilines is 2. The highest BCUT2D eigenvalue weighted by Crippen LogP contribution is 2.34. The molecule has 2 aromatic rings. The quantitative estimate of drug-likeness (QED) is 0.578. The molecule has 0 unspecified atom stereocenters. The Morgan fingerprint density at radius 2 is 1.91 bits per heavy atom. The van der Waals surface area contributed by atoms with E-state index in [2.05, 4.69) is 10.2 Å². The van der Waals surface area contributed by atoms with Gasteiger partial charge in [0.1, 0.15) is 6.54 Å². The number of carbonyl (C=O) groups is 3. The first-order valence-corrected chi connectivity index (χ1v) is 11.7. The Labute approximate surface area is 201 Å². The summed E-state index contributed by atoms with van der Waals surface area (Å²) in [5.41, 5.74) is 2.22. The molecule has 2 fully saturated rings.